The van der Waals surface area contributed by atoms with Gasteiger partial charge < -0.3 is 5.32 Å². The SMILES string of the molecule is Fc1ccc(F)c(Nc2cccc(C(F)(F)F)c2)c1. The van der Waals surface area contributed by atoms with Crippen molar-refractivity contribution >= 4 is 11.4 Å². The lowest BCUT2D eigenvalue weighted by Gasteiger charge is -2.11. The summed E-state index contributed by atoms with van der Waals surface area (Å²) in [6, 6.07) is 6.92. The summed E-state index contributed by atoms with van der Waals surface area (Å²) in [5, 5.41) is 2.41. The van der Waals surface area contributed by atoms with Crippen molar-refractivity contribution in [2.45, 2.75) is 6.18 Å². The Morgan fingerprint density at radius 1 is 0.895 bits per heavy atom. The molecule has 1 N–H and O–H groups in total. The topological polar surface area (TPSA) is 12.0 Å². The van der Waals surface area contributed by atoms with E-state index in [9.17, 15) is 22.0 Å². The van der Waals surface area contributed by atoms with Gasteiger partial charge >= 0.3 is 6.18 Å². The molecular weight excluding hydrogens is 265 g/mol. The molecule has 0 bridgehead atoms. The average molecular weight is 273 g/mol. The second-order valence-corrected chi connectivity index (χ2v) is 3.83. The van der Waals surface area contributed by atoms with Gasteiger partial charge in [0.2, 0.25) is 0 Å². The molecule has 2 aromatic rings. The van der Waals surface area contributed by atoms with E-state index in [1.54, 1.807) is 0 Å². The highest BCUT2D eigenvalue weighted by Crippen LogP contribution is 2.31. The largest absolute Gasteiger partial charge is 0.416 e. The third-order valence-electron chi connectivity index (χ3n) is 2.40. The van der Waals surface area contributed by atoms with Crippen LogP contribution in [-0.2, 0) is 6.18 Å². The van der Waals surface area contributed by atoms with Crippen molar-refractivity contribution in [2.75, 3.05) is 5.32 Å². The molecule has 19 heavy (non-hydrogen) atoms. The second kappa shape index (κ2) is 4.87. The van der Waals surface area contributed by atoms with E-state index in [4.69, 9.17) is 0 Å². The second-order valence-electron chi connectivity index (χ2n) is 3.83. The van der Waals surface area contributed by atoms with E-state index in [0.717, 1.165) is 30.3 Å². The van der Waals surface area contributed by atoms with Crippen LogP contribution in [0.3, 0.4) is 0 Å². The van der Waals surface area contributed by atoms with Gasteiger partial charge in [0.1, 0.15) is 11.6 Å². The van der Waals surface area contributed by atoms with Crippen molar-refractivity contribution in [2.24, 2.45) is 0 Å². The highest BCUT2D eigenvalue weighted by molar-refractivity contribution is 5.61. The van der Waals surface area contributed by atoms with Crippen molar-refractivity contribution in [3.05, 3.63) is 59.7 Å². The number of alkyl halides is 3. The van der Waals surface area contributed by atoms with E-state index in [0.29, 0.717) is 0 Å². The minimum Gasteiger partial charge on any atom is -0.353 e. The van der Waals surface area contributed by atoms with Crippen LogP contribution in [0.25, 0.3) is 0 Å². The van der Waals surface area contributed by atoms with Crippen LogP contribution in [0.15, 0.2) is 42.5 Å². The summed E-state index contributed by atoms with van der Waals surface area (Å²) in [5.41, 5.74) is -1.06. The Morgan fingerprint density at radius 2 is 1.63 bits per heavy atom. The molecule has 0 saturated heterocycles. The van der Waals surface area contributed by atoms with E-state index in [1.165, 1.54) is 12.1 Å². The van der Waals surface area contributed by atoms with Gasteiger partial charge in [-0.2, -0.15) is 13.2 Å². The lowest BCUT2D eigenvalue weighted by Crippen LogP contribution is -2.05. The zero-order valence-electron chi connectivity index (χ0n) is 9.43. The summed E-state index contributed by atoms with van der Waals surface area (Å²) in [7, 11) is 0. The van der Waals surface area contributed by atoms with Crippen molar-refractivity contribution in [3.63, 3.8) is 0 Å². The number of hydrogen-bond donors (Lipinski definition) is 1. The lowest BCUT2D eigenvalue weighted by molar-refractivity contribution is -0.137. The molecular formula is C13H8F5N. The Morgan fingerprint density at radius 3 is 2.32 bits per heavy atom. The fourth-order valence-electron chi connectivity index (χ4n) is 1.52. The molecule has 0 aromatic heterocycles. The minimum absolute atomic E-state index is 0.0272. The predicted octanol–water partition coefficient (Wildman–Crippen LogP) is 4.73. The highest BCUT2D eigenvalue weighted by Gasteiger charge is 2.30. The van der Waals surface area contributed by atoms with Gasteiger partial charge in [0.15, 0.2) is 0 Å². The third kappa shape index (κ3) is 3.21. The minimum atomic E-state index is -4.49. The van der Waals surface area contributed by atoms with E-state index in [2.05, 4.69) is 5.32 Å². The number of anilines is 2. The predicted molar refractivity (Wildman–Crippen MR) is 61.1 cm³/mol. The summed E-state index contributed by atoms with van der Waals surface area (Å²) >= 11 is 0. The molecule has 0 amide bonds. The standard InChI is InChI=1S/C13H8F5N/c14-9-4-5-11(15)12(7-9)19-10-3-1-2-8(6-10)13(16,17)18/h1-7,19H. The van der Waals surface area contributed by atoms with Crippen LogP contribution in [0.1, 0.15) is 5.56 Å². The maximum Gasteiger partial charge on any atom is 0.416 e. The lowest BCUT2D eigenvalue weighted by atomic mass is 10.2. The first-order chi connectivity index (χ1) is 8.86. The number of hydrogen-bond acceptors (Lipinski definition) is 1. The molecule has 0 fully saturated rings. The van der Waals surface area contributed by atoms with Gasteiger partial charge in [-0.15, -0.1) is 0 Å². The van der Waals surface area contributed by atoms with Gasteiger partial charge in [-0.3, -0.25) is 0 Å². The molecule has 1 nitrogen and oxygen atoms in total. The first-order valence-corrected chi connectivity index (χ1v) is 5.25. The zero-order valence-corrected chi connectivity index (χ0v) is 9.43. The summed E-state index contributed by atoms with van der Waals surface area (Å²) < 4.78 is 63.7. The van der Waals surface area contributed by atoms with Crippen molar-refractivity contribution in [1.82, 2.24) is 0 Å². The Labute approximate surface area is 105 Å². The van der Waals surface area contributed by atoms with E-state index < -0.39 is 23.4 Å². The van der Waals surface area contributed by atoms with Crippen LogP contribution in [0.4, 0.5) is 33.3 Å². The molecule has 2 aromatic carbocycles. The number of benzene rings is 2. The average Bonchev–Trinajstić information content (AvgIpc) is 2.33. The van der Waals surface area contributed by atoms with Gasteiger partial charge in [-0.05, 0) is 30.3 Å². The first kappa shape index (κ1) is 13.3. The Kier molecular flexibility index (Phi) is 3.42. The molecule has 0 spiro atoms. The smallest absolute Gasteiger partial charge is 0.353 e. The van der Waals surface area contributed by atoms with Crippen LogP contribution in [0.2, 0.25) is 0 Å². The summed E-state index contributed by atoms with van der Waals surface area (Å²) in [6.07, 6.45) is -4.49. The Balaban J connectivity index is 2.31. The molecule has 0 radical (unpaired) electrons. The van der Waals surface area contributed by atoms with Crippen LogP contribution in [-0.4, -0.2) is 0 Å². The molecule has 6 heteroatoms. The quantitative estimate of drug-likeness (QED) is 0.780. The Bertz CT molecular complexity index is 592. The van der Waals surface area contributed by atoms with E-state index in [1.807, 2.05) is 0 Å². The van der Waals surface area contributed by atoms with Crippen molar-refractivity contribution in [1.29, 1.82) is 0 Å². The Hall–Kier alpha value is -2.11. The summed E-state index contributed by atoms with van der Waals surface area (Å²) in [4.78, 5) is 0. The van der Waals surface area contributed by atoms with Crippen LogP contribution < -0.4 is 5.32 Å². The van der Waals surface area contributed by atoms with Gasteiger partial charge in [-0.1, -0.05) is 6.07 Å². The molecule has 0 aliphatic carbocycles. The number of rotatable bonds is 2. The van der Waals surface area contributed by atoms with Gasteiger partial charge in [0.25, 0.3) is 0 Å². The van der Waals surface area contributed by atoms with Crippen LogP contribution >= 0.6 is 0 Å². The van der Waals surface area contributed by atoms with E-state index in [-0.39, 0.29) is 11.4 Å². The fourth-order valence-corrected chi connectivity index (χ4v) is 1.52. The van der Waals surface area contributed by atoms with Crippen LogP contribution in [0, 0.1) is 11.6 Å². The van der Waals surface area contributed by atoms with Crippen molar-refractivity contribution in [3.8, 4) is 0 Å². The monoisotopic (exact) mass is 273 g/mol. The molecule has 2 rings (SSSR count). The maximum atomic E-state index is 13.3. The normalized spacial score (nSPS) is 11.4. The number of halogens is 5. The molecule has 0 aliphatic rings. The third-order valence-corrected chi connectivity index (χ3v) is 2.40. The maximum absolute atomic E-state index is 13.3. The first-order valence-electron chi connectivity index (χ1n) is 5.25. The highest BCUT2D eigenvalue weighted by atomic mass is 19.4. The molecule has 0 atom stereocenters. The molecule has 0 aliphatic heterocycles. The van der Waals surface area contributed by atoms with Crippen molar-refractivity contribution < 1.29 is 22.0 Å². The van der Waals surface area contributed by atoms with Gasteiger partial charge in [0, 0.05) is 11.8 Å². The fraction of sp³-hybridized carbons (Fsp3) is 0.0769. The number of nitrogens with one attached hydrogen (secondary N) is 1. The van der Waals surface area contributed by atoms with Crippen LogP contribution in [0.5, 0.6) is 0 Å². The summed E-state index contributed by atoms with van der Waals surface area (Å²) in [6.45, 7) is 0. The zero-order chi connectivity index (χ0) is 14.0. The molecule has 100 valence electrons. The molecule has 0 heterocycles. The molecule has 0 unspecified atom stereocenters. The van der Waals surface area contributed by atoms with Gasteiger partial charge in [0.05, 0.1) is 11.3 Å². The van der Waals surface area contributed by atoms with Gasteiger partial charge in [-0.25, -0.2) is 8.78 Å². The molecule has 0 saturated carbocycles. The summed E-state index contributed by atoms with van der Waals surface area (Å²) in [5.74, 6) is -1.44. The van der Waals surface area contributed by atoms with E-state index >= 15 is 0 Å².